The van der Waals surface area contributed by atoms with Crippen molar-refractivity contribution in [1.82, 2.24) is 0 Å². The Bertz CT molecular complexity index is 1200. The van der Waals surface area contributed by atoms with Crippen LogP contribution in [0.15, 0.2) is 144 Å². The monoisotopic (exact) mass is 518 g/mol. The van der Waals surface area contributed by atoms with E-state index in [9.17, 15) is 4.79 Å². The maximum atomic E-state index is 11.7. The summed E-state index contributed by atoms with van der Waals surface area (Å²) >= 11 is 0. The first kappa shape index (κ1) is 25.5. The maximum absolute atomic E-state index is 11.7. The number of aldehydes is 1. The van der Waals surface area contributed by atoms with Crippen LogP contribution >= 0.6 is 15.8 Å². The topological polar surface area (TPSA) is 17.1 Å². The van der Waals surface area contributed by atoms with Crippen LogP contribution < -0.4 is 21.2 Å². The normalized spacial score (nSPS) is 14.1. The van der Waals surface area contributed by atoms with Crippen LogP contribution in [0.2, 0.25) is 0 Å². The quantitative estimate of drug-likeness (QED) is 0.168. The minimum absolute atomic E-state index is 0.155. The Morgan fingerprint density at radius 2 is 0.865 bits per heavy atom. The van der Waals surface area contributed by atoms with E-state index in [0.717, 1.165) is 6.29 Å². The average Bonchev–Trinajstić information content (AvgIpc) is 3.37. The van der Waals surface area contributed by atoms with E-state index in [2.05, 4.69) is 147 Å². The Labute approximate surface area is 223 Å². The highest BCUT2D eigenvalue weighted by Crippen LogP contribution is 2.61. The highest BCUT2D eigenvalue weighted by molar-refractivity contribution is 7.82. The third-order valence-corrected chi connectivity index (χ3v) is 12.2. The number of carbonyl (C=O) groups is 1. The zero-order chi connectivity index (χ0) is 25.7. The molecule has 0 N–H and O–H groups in total. The van der Waals surface area contributed by atoms with Gasteiger partial charge < -0.3 is 4.79 Å². The summed E-state index contributed by atoms with van der Waals surface area (Å²) in [6.45, 7) is 4.44. The van der Waals surface area contributed by atoms with Gasteiger partial charge in [-0.05, 0) is 53.1 Å². The summed E-state index contributed by atoms with van der Waals surface area (Å²) in [5.41, 5.74) is -0.155. The van der Waals surface area contributed by atoms with Gasteiger partial charge in [0.2, 0.25) is 0 Å². The summed E-state index contributed by atoms with van der Waals surface area (Å²) in [7, 11) is -1.53. The van der Waals surface area contributed by atoms with Crippen molar-refractivity contribution in [3.8, 4) is 0 Å². The first-order chi connectivity index (χ1) is 18.1. The van der Waals surface area contributed by atoms with Gasteiger partial charge in [0.15, 0.2) is 0 Å². The fourth-order valence-electron chi connectivity index (χ4n) is 4.90. The molecule has 0 aromatic heterocycles. The van der Waals surface area contributed by atoms with Gasteiger partial charge in [0, 0.05) is 12.3 Å². The maximum Gasteiger partial charge on any atom is 0.120 e. The average molecular weight is 519 g/mol. The molecule has 0 amide bonds. The third-order valence-electron chi connectivity index (χ3n) is 6.99. The molecule has 37 heavy (non-hydrogen) atoms. The molecule has 0 radical (unpaired) electrons. The third kappa shape index (κ3) is 5.60. The number of allylic oxidation sites excluding steroid dienone is 4. The van der Waals surface area contributed by atoms with E-state index >= 15 is 0 Å². The van der Waals surface area contributed by atoms with E-state index in [0.29, 0.717) is 6.42 Å². The lowest BCUT2D eigenvalue weighted by atomic mass is 9.77. The fraction of sp³-hybridized carbons (Fsp3) is 0.147. The molecule has 1 aliphatic rings. The summed E-state index contributed by atoms with van der Waals surface area (Å²) < 4.78 is 0. The van der Waals surface area contributed by atoms with Crippen molar-refractivity contribution in [1.29, 1.82) is 0 Å². The molecule has 0 fully saturated rings. The zero-order valence-electron chi connectivity index (χ0n) is 21.4. The van der Waals surface area contributed by atoms with Crippen LogP contribution in [-0.2, 0) is 4.79 Å². The molecule has 0 unspecified atom stereocenters. The molecule has 0 heterocycles. The number of hydrogen-bond acceptors (Lipinski definition) is 1. The molecule has 0 bridgehead atoms. The Kier molecular flexibility index (Phi) is 7.95. The lowest BCUT2D eigenvalue weighted by Crippen LogP contribution is -2.20. The Morgan fingerprint density at radius 3 is 1.14 bits per heavy atom. The molecule has 4 aromatic rings. The van der Waals surface area contributed by atoms with Gasteiger partial charge in [-0.15, -0.1) is 0 Å². The molecule has 0 aliphatic heterocycles. The fourth-order valence-corrected chi connectivity index (χ4v) is 10.3. The molecule has 0 atom stereocenters. The second kappa shape index (κ2) is 11.5. The van der Waals surface area contributed by atoms with E-state index in [1.165, 1.54) is 31.8 Å². The van der Waals surface area contributed by atoms with Crippen molar-refractivity contribution in [2.24, 2.45) is 11.3 Å². The van der Waals surface area contributed by atoms with Crippen LogP contribution in [0.5, 0.6) is 0 Å². The van der Waals surface area contributed by atoms with Gasteiger partial charge in [0.05, 0.1) is 0 Å². The SMILES string of the molecule is CC(C)(CC=O)C1C=C(P(c2ccccc2)c2ccccc2)C(P(c2ccccc2)c2ccccc2)=C1. The predicted molar refractivity (Wildman–Crippen MR) is 162 cm³/mol. The zero-order valence-corrected chi connectivity index (χ0v) is 23.2. The smallest absolute Gasteiger partial charge is 0.120 e. The van der Waals surface area contributed by atoms with Crippen molar-refractivity contribution in [2.75, 3.05) is 0 Å². The summed E-state index contributed by atoms with van der Waals surface area (Å²) in [6.07, 6.45) is 6.60. The van der Waals surface area contributed by atoms with E-state index in [4.69, 9.17) is 0 Å². The van der Waals surface area contributed by atoms with Gasteiger partial charge in [0.25, 0.3) is 0 Å². The van der Waals surface area contributed by atoms with E-state index < -0.39 is 15.8 Å². The molecule has 1 aliphatic carbocycles. The lowest BCUT2D eigenvalue weighted by Gasteiger charge is -2.28. The predicted octanol–water partition coefficient (Wildman–Crippen LogP) is 7.27. The summed E-state index contributed by atoms with van der Waals surface area (Å²) in [5, 5.41) is 8.26. The van der Waals surface area contributed by atoms with Gasteiger partial charge in [-0.3, -0.25) is 0 Å². The van der Waals surface area contributed by atoms with Crippen LogP contribution in [0.25, 0.3) is 0 Å². The molecule has 0 saturated heterocycles. The van der Waals surface area contributed by atoms with Gasteiger partial charge in [0.1, 0.15) is 6.29 Å². The van der Waals surface area contributed by atoms with Crippen molar-refractivity contribution in [2.45, 2.75) is 20.3 Å². The molecule has 0 saturated carbocycles. The number of benzene rings is 4. The Balaban J connectivity index is 1.74. The Morgan fingerprint density at radius 1 is 0.568 bits per heavy atom. The number of rotatable bonds is 9. The van der Waals surface area contributed by atoms with Crippen molar-refractivity contribution < 1.29 is 4.79 Å². The first-order valence-corrected chi connectivity index (χ1v) is 15.4. The van der Waals surface area contributed by atoms with Crippen LogP contribution in [0, 0.1) is 11.3 Å². The minimum Gasteiger partial charge on any atom is -0.303 e. The highest BCUT2D eigenvalue weighted by atomic mass is 31.1. The molecule has 5 rings (SSSR count). The van der Waals surface area contributed by atoms with E-state index in [1.807, 2.05) is 0 Å². The highest BCUT2D eigenvalue weighted by Gasteiger charge is 2.37. The van der Waals surface area contributed by atoms with Crippen molar-refractivity contribution >= 4 is 43.3 Å². The number of carbonyl (C=O) groups excluding carboxylic acids is 1. The van der Waals surface area contributed by atoms with E-state index in [-0.39, 0.29) is 11.3 Å². The second-order valence-electron chi connectivity index (χ2n) is 10.0. The van der Waals surface area contributed by atoms with Gasteiger partial charge >= 0.3 is 0 Å². The Hall–Kier alpha value is -3.11. The van der Waals surface area contributed by atoms with Crippen molar-refractivity contribution in [3.63, 3.8) is 0 Å². The summed E-state index contributed by atoms with van der Waals surface area (Å²) in [4.78, 5) is 11.7. The van der Waals surface area contributed by atoms with Crippen LogP contribution in [0.1, 0.15) is 20.3 Å². The molecular formula is C34H32OP2. The minimum atomic E-state index is -0.767. The van der Waals surface area contributed by atoms with Crippen molar-refractivity contribution in [3.05, 3.63) is 144 Å². The van der Waals surface area contributed by atoms with Gasteiger partial charge in [-0.25, -0.2) is 0 Å². The molecular weight excluding hydrogens is 486 g/mol. The second-order valence-corrected chi connectivity index (χ2v) is 14.4. The summed E-state index contributed by atoms with van der Waals surface area (Å²) in [6, 6.07) is 43.8. The van der Waals surface area contributed by atoms with Gasteiger partial charge in [-0.2, -0.15) is 0 Å². The van der Waals surface area contributed by atoms with E-state index in [1.54, 1.807) is 0 Å². The van der Waals surface area contributed by atoms with Crippen LogP contribution in [0.3, 0.4) is 0 Å². The molecule has 3 heteroatoms. The molecule has 1 nitrogen and oxygen atoms in total. The summed E-state index contributed by atoms with van der Waals surface area (Å²) in [5.74, 6) is 0.192. The lowest BCUT2D eigenvalue weighted by molar-refractivity contribution is -0.109. The molecule has 184 valence electrons. The first-order valence-electron chi connectivity index (χ1n) is 12.8. The standard InChI is InChI=1S/C34H32OP2/c1-34(2,23-24-35)27-25-32(36(28-15-7-3-8-16-28)29-17-9-4-10-18-29)33(26-27)37(30-19-11-5-12-20-30)31-21-13-6-14-22-31/h3-22,24-27H,23H2,1-2H3. The largest absolute Gasteiger partial charge is 0.303 e. The van der Waals surface area contributed by atoms with Crippen LogP contribution in [0.4, 0.5) is 0 Å². The van der Waals surface area contributed by atoms with Gasteiger partial charge in [-0.1, -0.05) is 147 Å². The van der Waals surface area contributed by atoms with Crippen LogP contribution in [-0.4, -0.2) is 6.29 Å². The molecule has 4 aromatic carbocycles. The molecule has 0 spiro atoms. The number of hydrogen-bond donors (Lipinski definition) is 0.